The molecule has 2 aromatic rings. The Morgan fingerprint density at radius 3 is 2.21 bits per heavy atom. The van der Waals surface area contributed by atoms with Crippen molar-refractivity contribution in [2.45, 2.75) is 20.0 Å². The summed E-state index contributed by atoms with van der Waals surface area (Å²) < 4.78 is 10.5. The molecule has 148 valence electrons. The van der Waals surface area contributed by atoms with Crippen LogP contribution in [0.25, 0.3) is 0 Å². The van der Waals surface area contributed by atoms with Gasteiger partial charge in [0, 0.05) is 0 Å². The standard InChI is InChI=1S/C20H20O8/c1-11-3-6-17(12(2)7-11)27-9-14(21)10-28-20(26)13-4-5-15(18(22)23)16(8-13)19(24)25/h3-8,14,21H,9-10H2,1-2H3,(H,22,23)(H,24,25). The fraction of sp³-hybridized carbons (Fsp3) is 0.250. The monoisotopic (exact) mass is 388 g/mol. The summed E-state index contributed by atoms with van der Waals surface area (Å²) in [5, 5.41) is 28.0. The molecular formula is C20H20O8. The van der Waals surface area contributed by atoms with Gasteiger partial charge in [-0.05, 0) is 43.7 Å². The molecular weight excluding hydrogens is 368 g/mol. The molecule has 2 aromatic carbocycles. The lowest BCUT2D eigenvalue weighted by Crippen LogP contribution is -2.25. The maximum Gasteiger partial charge on any atom is 0.338 e. The first-order valence-electron chi connectivity index (χ1n) is 8.35. The minimum Gasteiger partial charge on any atom is -0.490 e. The van der Waals surface area contributed by atoms with Gasteiger partial charge in [-0.25, -0.2) is 14.4 Å². The van der Waals surface area contributed by atoms with Gasteiger partial charge in [0.1, 0.15) is 25.1 Å². The predicted molar refractivity (Wildman–Crippen MR) is 98.1 cm³/mol. The van der Waals surface area contributed by atoms with Crippen molar-refractivity contribution in [2.24, 2.45) is 0 Å². The molecule has 0 aliphatic rings. The number of carbonyl (C=O) groups excluding carboxylic acids is 1. The first-order valence-corrected chi connectivity index (χ1v) is 8.35. The van der Waals surface area contributed by atoms with Crippen molar-refractivity contribution in [3.05, 3.63) is 64.2 Å². The minimum absolute atomic E-state index is 0.102. The van der Waals surface area contributed by atoms with Gasteiger partial charge in [0.2, 0.25) is 0 Å². The number of carboxylic acids is 2. The van der Waals surface area contributed by atoms with Gasteiger partial charge < -0.3 is 24.8 Å². The van der Waals surface area contributed by atoms with E-state index in [4.69, 9.17) is 19.7 Å². The van der Waals surface area contributed by atoms with E-state index in [0.717, 1.165) is 29.3 Å². The van der Waals surface area contributed by atoms with Crippen LogP contribution in [0.15, 0.2) is 36.4 Å². The van der Waals surface area contributed by atoms with E-state index >= 15 is 0 Å². The maximum atomic E-state index is 12.1. The molecule has 0 fully saturated rings. The normalized spacial score (nSPS) is 11.5. The quantitative estimate of drug-likeness (QED) is 0.587. The first-order chi connectivity index (χ1) is 13.2. The van der Waals surface area contributed by atoms with Crippen LogP contribution in [-0.2, 0) is 4.74 Å². The summed E-state index contributed by atoms with van der Waals surface area (Å²) in [5.74, 6) is -3.18. The Morgan fingerprint density at radius 2 is 1.61 bits per heavy atom. The molecule has 8 heteroatoms. The molecule has 1 unspecified atom stereocenters. The number of benzene rings is 2. The van der Waals surface area contributed by atoms with Gasteiger partial charge in [-0.1, -0.05) is 17.7 Å². The number of aromatic carboxylic acids is 2. The SMILES string of the molecule is Cc1ccc(OCC(O)COC(=O)c2ccc(C(=O)O)c(C(=O)O)c2)c(C)c1. The summed E-state index contributed by atoms with van der Waals surface area (Å²) in [7, 11) is 0. The Bertz CT molecular complexity index is 903. The molecule has 0 amide bonds. The minimum atomic E-state index is -1.48. The number of hydrogen-bond donors (Lipinski definition) is 3. The smallest absolute Gasteiger partial charge is 0.338 e. The number of aryl methyl sites for hydroxylation is 2. The van der Waals surface area contributed by atoms with Crippen molar-refractivity contribution in [1.82, 2.24) is 0 Å². The summed E-state index contributed by atoms with van der Waals surface area (Å²) in [4.78, 5) is 34.2. The van der Waals surface area contributed by atoms with Gasteiger partial charge in [-0.3, -0.25) is 0 Å². The van der Waals surface area contributed by atoms with Crippen LogP contribution in [0.3, 0.4) is 0 Å². The number of ether oxygens (including phenoxy) is 2. The van der Waals surface area contributed by atoms with Gasteiger partial charge >= 0.3 is 17.9 Å². The van der Waals surface area contributed by atoms with Crippen LogP contribution in [0, 0.1) is 13.8 Å². The second-order valence-corrected chi connectivity index (χ2v) is 6.20. The van der Waals surface area contributed by atoms with Crippen LogP contribution in [0.4, 0.5) is 0 Å². The van der Waals surface area contributed by atoms with Crippen molar-refractivity contribution in [3.8, 4) is 5.75 Å². The zero-order valence-corrected chi connectivity index (χ0v) is 15.3. The van der Waals surface area contributed by atoms with Crippen molar-refractivity contribution in [1.29, 1.82) is 0 Å². The molecule has 3 N–H and O–H groups in total. The van der Waals surface area contributed by atoms with E-state index in [0.29, 0.717) is 5.75 Å². The third-order valence-corrected chi connectivity index (χ3v) is 3.88. The number of rotatable bonds is 8. The number of carbonyl (C=O) groups is 3. The molecule has 2 rings (SSSR count). The Kier molecular flexibility index (Phi) is 6.73. The van der Waals surface area contributed by atoms with E-state index in [2.05, 4.69) is 0 Å². The largest absolute Gasteiger partial charge is 0.490 e. The van der Waals surface area contributed by atoms with Crippen LogP contribution in [0.2, 0.25) is 0 Å². The lowest BCUT2D eigenvalue weighted by molar-refractivity contribution is 0.0129. The highest BCUT2D eigenvalue weighted by molar-refractivity contribution is 6.03. The topological polar surface area (TPSA) is 130 Å². The molecule has 0 aromatic heterocycles. The van der Waals surface area contributed by atoms with Crippen molar-refractivity contribution < 1.29 is 39.2 Å². The van der Waals surface area contributed by atoms with E-state index in [1.54, 1.807) is 6.07 Å². The molecule has 0 heterocycles. The predicted octanol–water partition coefficient (Wildman–Crippen LogP) is 2.30. The summed E-state index contributed by atoms with van der Waals surface area (Å²) >= 11 is 0. The Morgan fingerprint density at radius 1 is 0.929 bits per heavy atom. The highest BCUT2D eigenvalue weighted by Gasteiger charge is 2.20. The lowest BCUT2D eigenvalue weighted by Gasteiger charge is -2.14. The number of carboxylic acid groups (broad SMARTS) is 2. The molecule has 0 radical (unpaired) electrons. The molecule has 0 saturated heterocycles. The highest BCUT2D eigenvalue weighted by atomic mass is 16.5. The number of aliphatic hydroxyl groups is 1. The molecule has 0 aliphatic heterocycles. The molecule has 28 heavy (non-hydrogen) atoms. The fourth-order valence-electron chi connectivity index (χ4n) is 2.49. The van der Waals surface area contributed by atoms with Crippen LogP contribution >= 0.6 is 0 Å². The number of aliphatic hydroxyl groups excluding tert-OH is 1. The van der Waals surface area contributed by atoms with Crippen LogP contribution < -0.4 is 4.74 Å². The first kappa shape index (κ1) is 20.9. The number of esters is 1. The van der Waals surface area contributed by atoms with Crippen LogP contribution in [-0.4, -0.2) is 52.5 Å². The van der Waals surface area contributed by atoms with E-state index < -0.39 is 35.1 Å². The maximum absolute atomic E-state index is 12.1. The second-order valence-electron chi connectivity index (χ2n) is 6.20. The van der Waals surface area contributed by atoms with Crippen LogP contribution in [0.5, 0.6) is 5.75 Å². The zero-order valence-electron chi connectivity index (χ0n) is 15.3. The highest BCUT2D eigenvalue weighted by Crippen LogP contribution is 2.19. The van der Waals surface area contributed by atoms with Crippen molar-refractivity contribution in [3.63, 3.8) is 0 Å². The van der Waals surface area contributed by atoms with Crippen LogP contribution in [0.1, 0.15) is 42.2 Å². The third-order valence-electron chi connectivity index (χ3n) is 3.88. The van der Waals surface area contributed by atoms with Gasteiger partial charge in [0.25, 0.3) is 0 Å². The van der Waals surface area contributed by atoms with Gasteiger partial charge in [-0.15, -0.1) is 0 Å². The Balaban J connectivity index is 1.95. The van der Waals surface area contributed by atoms with E-state index in [-0.39, 0.29) is 18.8 Å². The van der Waals surface area contributed by atoms with E-state index in [9.17, 15) is 19.5 Å². The molecule has 0 bridgehead atoms. The lowest BCUT2D eigenvalue weighted by atomic mass is 10.0. The molecule has 0 saturated carbocycles. The van der Waals surface area contributed by atoms with Gasteiger partial charge in [-0.2, -0.15) is 0 Å². The van der Waals surface area contributed by atoms with Crippen molar-refractivity contribution in [2.75, 3.05) is 13.2 Å². The average molecular weight is 388 g/mol. The van der Waals surface area contributed by atoms with E-state index in [1.807, 2.05) is 26.0 Å². The van der Waals surface area contributed by atoms with Gasteiger partial charge in [0.05, 0.1) is 16.7 Å². The summed E-state index contributed by atoms with van der Waals surface area (Å²) in [5.41, 5.74) is 0.884. The molecule has 8 nitrogen and oxygen atoms in total. The third kappa shape index (κ3) is 5.31. The Labute approximate surface area is 161 Å². The second kappa shape index (κ2) is 9.01. The van der Waals surface area contributed by atoms with E-state index in [1.165, 1.54) is 0 Å². The molecule has 0 spiro atoms. The number of hydrogen-bond acceptors (Lipinski definition) is 6. The fourth-order valence-corrected chi connectivity index (χ4v) is 2.49. The zero-order chi connectivity index (χ0) is 20.8. The summed E-state index contributed by atoms with van der Waals surface area (Å²) in [6.45, 7) is 3.35. The molecule has 1 atom stereocenters. The van der Waals surface area contributed by atoms with Crippen molar-refractivity contribution >= 4 is 17.9 Å². The summed E-state index contributed by atoms with van der Waals surface area (Å²) in [6, 6.07) is 8.67. The molecule has 0 aliphatic carbocycles. The average Bonchev–Trinajstić information content (AvgIpc) is 2.64. The van der Waals surface area contributed by atoms with Gasteiger partial charge in [0.15, 0.2) is 0 Å². The summed E-state index contributed by atoms with van der Waals surface area (Å²) in [6.07, 6.45) is -1.10. The Hall–Kier alpha value is -3.39.